The molecule has 114 valence electrons. The first kappa shape index (κ1) is 15.0. The van der Waals surface area contributed by atoms with Crippen LogP contribution < -0.4 is 5.43 Å². The molecule has 0 spiro atoms. The Kier molecular flexibility index (Phi) is 4.72. The molecule has 22 heavy (non-hydrogen) atoms. The molecule has 0 atom stereocenters. The number of fused-ring (bicyclic) bond motifs is 1. The van der Waals surface area contributed by atoms with Gasteiger partial charge in [0.2, 0.25) is 0 Å². The van der Waals surface area contributed by atoms with Crippen molar-refractivity contribution in [2.45, 2.75) is 51.9 Å². The topological polar surface area (TPSA) is 17.1 Å². The number of rotatable bonds is 8. The van der Waals surface area contributed by atoms with Crippen LogP contribution in [0, 0.1) is 0 Å². The summed E-state index contributed by atoms with van der Waals surface area (Å²) >= 11 is 0. The second kappa shape index (κ2) is 6.91. The number of hydrogen-bond acceptors (Lipinski definition) is 1. The lowest BCUT2D eigenvalue weighted by Gasteiger charge is -2.09. The minimum absolute atomic E-state index is 0.267. The van der Waals surface area contributed by atoms with Gasteiger partial charge in [0, 0.05) is 10.8 Å². The summed E-state index contributed by atoms with van der Waals surface area (Å²) in [6.45, 7) is 2.25. The smallest absolute Gasteiger partial charge is 0.194 e. The number of unbranched alkanes of at least 4 members (excludes halogenated alkanes) is 5. The molecule has 0 aliphatic heterocycles. The third-order valence-electron chi connectivity index (χ3n) is 4.59. The first-order valence-electron chi connectivity index (χ1n) is 8.59. The van der Waals surface area contributed by atoms with E-state index >= 15 is 0 Å². The van der Waals surface area contributed by atoms with E-state index in [1.165, 1.54) is 55.2 Å². The standard InChI is InChI=1S/C21H24O/c1-2-3-4-5-6-10-13-18-17(16-11-8-7-9-12-16)14-15-19-20(18)21(19)22/h7-9,11-12,14-15H,2-6,10,13H2,1H3. The molecule has 0 aliphatic carbocycles. The maximum absolute atomic E-state index is 11.9. The summed E-state index contributed by atoms with van der Waals surface area (Å²) in [5.41, 5.74) is 4.03. The van der Waals surface area contributed by atoms with E-state index in [0.29, 0.717) is 0 Å². The van der Waals surface area contributed by atoms with E-state index < -0.39 is 0 Å². The summed E-state index contributed by atoms with van der Waals surface area (Å²) in [5, 5.41) is 1.95. The Morgan fingerprint density at radius 3 is 2.32 bits per heavy atom. The highest BCUT2D eigenvalue weighted by atomic mass is 16.1. The van der Waals surface area contributed by atoms with Crippen molar-refractivity contribution in [1.82, 2.24) is 0 Å². The Bertz CT molecular complexity index is 745. The van der Waals surface area contributed by atoms with Gasteiger partial charge in [-0.2, -0.15) is 0 Å². The van der Waals surface area contributed by atoms with E-state index in [1.807, 2.05) is 12.1 Å². The Hall–Kier alpha value is -1.89. The summed E-state index contributed by atoms with van der Waals surface area (Å²) in [6.07, 6.45) is 8.78. The van der Waals surface area contributed by atoms with Gasteiger partial charge in [0.05, 0.1) is 0 Å². The number of benzene rings is 2. The van der Waals surface area contributed by atoms with Crippen LogP contribution in [0.25, 0.3) is 21.9 Å². The van der Waals surface area contributed by atoms with Crippen molar-refractivity contribution >= 4 is 10.8 Å². The fraction of sp³-hybridized carbons (Fsp3) is 0.381. The predicted molar refractivity (Wildman–Crippen MR) is 95.1 cm³/mol. The van der Waals surface area contributed by atoms with Crippen molar-refractivity contribution in [3.8, 4) is 11.1 Å². The van der Waals surface area contributed by atoms with Gasteiger partial charge < -0.3 is 0 Å². The summed E-state index contributed by atoms with van der Waals surface area (Å²) in [7, 11) is 0. The maximum Gasteiger partial charge on any atom is 0.194 e. The van der Waals surface area contributed by atoms with Crippen LogP contribution in [0.15, 0.2) is 47.3 Å². The second-order valence-corrected chi connectivity index (χ2v) is 6.23. The summed E-state index contributed by atoms with van der Waals surface area (Å²) < 4.78 is 0. The summed E-state index contributed by atoms with van der Waals surface area (Å²) in [4.78, 5) is 11.9. The van der Waals surface area contributed by atoms with Crippen LogP contribution in [-0.2, 0) is 6.42 Å². The zero-order valence-electron chi connectivity index (χ0n) is 13.4. The molecule has 1 heteroatoms. The highest BCUT2D eigenvalue weighted by Crippen LogP contribution is 2.32. The monoisotopic (exact) mass is 292 g/mol. The van der Waals surface area contributed by atoms with Gasteiger partial charge >= 0.3 is 0 Å². The molecule has 3 rings (SSSR count). The Balaban J connectivity index is 1.74. The minimum Gasteiger partial charge on any atom is -0.289 e. The average Bonchev–Trinajstić information content (AvgIpc) is 3.22. The highest BCUT2D eigenvalue weighted by Gasteiger charge is 2.19. The van der Waals surface area contributed by atoms with Gasteiger partial charge in [0.15, 0.2) is 5.43 Å². The van der Waals surface area contributed by atoms with Gasteiger partial charge in [-0.15, -0.1) is 0 Å². The minimum atomic E-state index is 0.267. The molecule has 0 amide bonds. The average molecular weight is 292 g/mol. The van der Waals surface area contributed by atoms with Crippen molar-refractivity contribution in [1.29, 1.82) is 0 Å². The predicted octanol–water partition coefficient (Wildman–Crippen LogP) is 5.65. The van der Waals surface area contributed by atoms with Gasteiger partial charge in [-0.1, -0.05) is 75.4 Å². The van der Waals surface area contributed by atoms with Crippen LogP contribution in [0.1, 0.15) is 51.0 Å². The molecular weight excluding hydrogens is 268 g/mol. The van der Waals surface area contributed by atoms with E-state index in [-0.39, 0.29) is 5.43 Å². The van der Waals surface area contributed by atoms with Crippen molar-refractivity contribution < 1.29 is 0 Å². The van der Waals surface area contributed by atoms with Crippen molar-refractivity contribution in [3.05, 3.63) is 58.3 Å². The van der Waals surface area contributed by atoms with Crippen molar-refractivity contribution in [3.63, 3.8) is 0 Å². The van der Waals surface area contributed by atoms with Crippen LogP contribution in [0.4, 0.5) is 0 Å². The zero-order valence-corrected chi connectivity index (χ0v) is 13.4. The molecule has 0 aliphatic rings. The van der Waals surface area contributed by atoms with Gasteiger partial charge in [-0.3, -0.25) is 4.79 Å². The van der Waals surface area contributed by atoms with Gasteiger partial charge in [-0.05, 0) is 35.6 Å². The lowest BCUT2D eigenvalue weighted by molar-refractivity contribution is 0.608. The normalized spacial score (nSPS) is 11.5. The van der Waals surface area contributed by atoms with Crippen molar-refractivity contribution in [2.75, 3.05) is 0 Å². The third kappa shape index (κ3) is 3.14. The summed E-state index contributed by atoms with van der Waals surface area (Å²) in [6, 6.07) is 14.6. The lowest BCUT2D eigenvalue weighted by Crippen LogP contribution is -1.91. The molecule has 0 radical (unpaired) electrons. The van der Waals surface area contributed by atoms with E-state index in [0.717, 1.165) is 17.2 Å². The van der Waals surface area contributed by atoms with Crippen LogP contribution in [-0.4, -0.2) is 0 Å². The molecule has 0 saturated heterocycles. The first-order chi connectivity index (χ1) is 10.8. The molecule has 0 N–H and O–H groups in total. The molecule has 0 aromatic heterocycles. The third-order valence-corrected chi connectivity index (χ3v) is 4.59. The van der Waals surface area contributed by atoms with Crippen molar-refractivity contribution in [2.24, 2.45) is 0 Å². The zero-order chi connectivity index (χ0) is 15.4. The van der Waals surface area contributed by atoms with E-state index in [4.69, 9.17) is 0 Å². The first-order valence-corrected chi connectivity index (χ1v) is 8.59. The molecule has 3 aromatic carbocycles. The molecule has 0 unspecified atom stereocenters. The maximum atomic E-state index is 11.9. The van der Waals surface area contributed by atoms with Crippen LogP contribution in [0.2, 0.25) is 0 Å². The van der Waals surface area contributed by atoms with Gasteiger partial charge in [0.1, 0.15) is 0 Å². The Morgan fingerprint density at radius 2 is 1.55 bits per heavy atom. The van der Waals surface area contributed by atoms with Crippen LogP contribution in [0.5, 0.6) is 0 Å². The molecular formula is C21H24O. The molecule has 0 fully saturated rings. The lowest BCUT2D eigenvalue weighted by atomic mass is 9.95. The fourth-order valence-corrected chi connectivity index (χ4v) is 3.27. The van der Waals surface area contributed by atoms with E-state index in [2.05, 4.69) is 37.3 Å². The molecule has 3 aromatic rings. The fourth-order valence-electron chi connectivity index (χ4n) is 3.27. The van der Waals surface area contributed by atoms with Gasteiger partial charge in [-0.25, -0.2) is 0 Å². The molecule has 0 heterocycles. The Labute approximate surface area is 132 Å². The van der Waals surface area contributed by atoms with Gasteiger partial charge in [0.25, 0.3) is 0 Å². The largest absolute Gasteiger partial charge is 0.289 e. The van der Waals surface area contributed by atoms with Crippen LogP contribution in [0.3, 0.4) is 0 Å². The number of hydrogen-bond donors (Lipinski definition) is 0. The highest BCUT2D eigenvalue weighted by molar-refractivity contribution is 6.03. The van der Waals surface area contributed by atoms with Crippen LogP contribution >= 0.6 is 0 Å². The quantitative estimate of drug-likeness (QED) is 0.491. The van der Waals surface area contributed by atoms with E-state index in [9.17, 15) is 4.79 Å². The molecule has 0 bridgehead atoms. The summed E-state index contributed by atoms with van der Waals surface area (Å²) in [5.74, 6) is 0. The second-order valence-electron chi connectivity index (χ2n) is 6.23. The SMILES string of the molecule is CCCCCCCCc1c(-c2ccccc2)ccc2c(=O)c12. The molecule has 0 saturated carbocycles. The Morgan fingerprint density at radius 1 is 0.818 bits per heavy atom. The molecule has 1 nitrogen and oxygen atoms in total. The number of aryl methyl sites for hydroxylation is 1. The van der Waals surface area contributed by atoms with E-state index in [1.54, 1.807) is 0 Å².